The van der Waals surface area contributed by atoms with E-state index in [2.05, 4.69) is 19.9 Å². The van der Waals surface area contributed by atoms with E-state index in [0.29, 0.717) is 17.7 Å². The van der Waals surface area contributed by atoms with Crippen molar-refractivity contribution in [2.75, 3.05) is 31.1 Å². The Kier molecular flexibility index (Phi) is 4.53. The highest BCUT2D eigenvalue weighted by Crippen LogP contribution is 2.37. The molecule has 0 radical (unpaired) electrons. The maximum absolute atomic E-state index is 12.4. The Morgan fingerprint density at radius 2 is 1.86 bits per heavy atom. The van der Waals surface area contributed by atoms with Crippen LogP contribution in [0.3, 0.4) is 0 Å². The normalized spacial score (nSPS) is 20.8. The molecule has 7 nitrogen and oxygen atoms in total. The number of hydrogen-bond donors (Lipinski definition) is 0. The first-order valence-corrected chi connectivity index (χ1v) is 10.5. The van der Waals surface area contributed by atoms with Gasteiger partial charge in [-0.25, -0.2) is 9.97 Å². The molecule has 7 heteroatoms. The second-order valence-corrected chi connectivity index (χ2v) is 8.37. The summed E-state index contributed by atoms with van der Waals surface area (Å²) in [5.74, 6) is 2.52. The van der Waals surface area contributed by atoms with Crippen LogP contribution in [0.25, 0.3) is 11.3 Å². The molecule has 5 rings (SSSR count). The number of piperidine rings is 1. The summed E-state index contributed by atoms with van der Waals surface area (Å²) in [5, 5.41) is 4.05. The zero-order chi connectivity index (χ0) is 19.1. The van der Waals surface area contributed by atoms with E-state index >= 15 is 0 Å². The van der Waals surface area contributed by atoms with Crippen LogP contribution in [0.4, 0.5) is 5.95 Å². The van der Waals surface area contributed by atoms with E-state index in [9.17, 15) is 4.79 Å². The number of nitrogens with zero attached hydrogens (tertiary/aromatic N) is 5. The topological polar surface area (TPSA) is 75.4 Å². The van der Waals surface area contributed by atoms with Crippen LogP contribution in [0.2, 0.25) is 0 Å². The third kappa shape index (κ3) is 3.38. The van der Waals surface area contributed by atoms with Gasteiger partial charge < -0.3 is 14.3 Å². The first-order chi connectivity index (χ1) is 13.7. The smallest absolute Gasteiger partial charge is 0.225 e. The Morgan fingerprint density at radius 1 is 1.11 bits per heavy atom. The summed E-state index contributed by atoms with van der Waals surface area (Å²) < 4.78 is 5.54. The third-order valence-corrected chi connectivity index (χ3v) is 6.21. The lowest BCUT2D eigenvalue weighted by Gasteiger charge is -2.32. The lowest BCUT2D eigenvalue weighted by atomic mass is 9.90. The molecule has 0 atom stereocenters. The molecule has 0 bridgehead atoms. The lowest BCUT2D eigenvalue weighted by Crippen LogP contribution is -2.39. The van der Waals surface area contributed by atoms with Gasteiger partial charge in [-0.15, -0.1) is 0 Å². The molecule has 3 fully saturated rings. The van der Waals surface area contributed by atoms with Gasteiger partial charge >= 0.3 is 0 Å². The summed E-state index contributed by atoms with van der Waals surface area (Å²) in [6.07, 6.45) is 8.31. The van der Waals surface area contributed by atoms with Crippen molar-refractivity contribution in [3.05, 3.63) is 23.7 Å². The third-order valence-electron chi connectivity index (χ3n) is 6.21. The van der Waals surface area contributed by atoms with Crippen LogP contribution in [0.15, 0.2) is 16.8 Å². The summed E-state index contributed by atoms with van der Waals surface area (Å²) in [4.78, 5) is 26.4. The molecule has 0 spiro atoms. The van der Waals surface area contributed by atoms with Gasteiger partial charge in [-0.05, 0) is 45.4 Å². The summed E-state index contributed by atoms with van der Waals surface area (Å²) in [6.45, 7) is 5.60. The van der Waals surface area contributed by atoms with E-state index < -0.39 is 0 Å². The molecule has 3 aliphatic rings. The van der Waals surface area contributed by atoms with Crippen LogP contribution < -0.4 is 4.90 Å². The van der Waals surface area contributed by atoms with Gasteiger partial charge in [-0.1, -0.05) is 5.16 Å². The highest BCUT2D eigenvalue weighted by molar-refractivity contribution is 5.81. The number of carbonyl (C=O) groups excluding carboxylic acids is 1. The average Bonchev–Trinajstić information content (AvgIpc) is 3.25. The van der Waals surface area contributed by atoms with Crippen LogP contribution in [0.5, 0.6) is 0 Å². The molecule has 2 aromatic rings. The molecule has 2 aromatic heterocycles. The van der Waals surface area contributed by atoms with Gasteiger partial charge in [0.05, 0.1) is 17.0 Å². The molecular formula is C21H27N5O2. The van der Waals surface area contributed by atoms with E-state index in [1.54, 1.807) is 0 Å². The second kappa shape index (κ2) is 7.18. The van der Waals surface area contributed by atoms with Gasteiger partial charge in [0.1, 0.15) is 0 Å². The van der Waals surface area contributed by atoms with E-state index in [4.69, 9.17) is 9.51 Å². The van der Waals surface area contributed by atoms with E-state index in [0.717, 1.165) is 80.5 Å². The zero-order valence-corrected chi connectivity index (χ0v) is 16.4. The summed E-state index contributed by atoms with van der Waals surface area (Å²) >= 11 is 0. The average molecular weight is 381 g/mol. The number of rotatable bonds is 4. The van der Waals surface area contributed by atoms with Crippen molar-refractivity contribution >= 4 is 11.9 Å². The van der Waals surface area contributed by atoms with E-state index in [1.807, 2.05) is 19.2 Å². The van der Waals surface area contributed by atoms with Gasteiger partial charge in [0.2, 0.25) is 11.9 Å². The monoisotopic (exact) mass is 381 g/mol. The zero-order valence-electron chi connectivity index (χ0n) is 16.4. The molecule has 2 aliphatic heterocycles. The number of aryl methyl sites for hydroxylation is 1. The number of likely N-dealkylation sites (tertiary alicyclic amines) is 1. The number of hydrogen-bond acceptors (Lipinski definition) is 6. The Hall–Kier alpha value is -2.44. The Bertz CT molecular complexity index is 861. The standard InChI is InChI=1S/C21H27N5O2/c1-14-12-18(28-24-14)17-13-22-21(26-8-2-3-9-26)23-19(17)15-6-10-25(11-7-15)20(27)16-4-5-16/h12-13,15-16H,2-11H2,1H3. The molecule has 1 aliphatic carbocycles. The summed E-state index contributed by atoms with van der Waals surface area (Å²) in [7, 11) is 0. The minimum atomic E-state index is 0.296. The Morgan fingerprint density at radius 3 is 2.50 bits per heavy atom. The maximum Gasteiger partial charge on any atom is 0.225 e. The van der Waals surface area contributed by atoms with Crippen molar-refractivity contribution in [1.82, 2.24) is 20.0 Å². The van der Waals surface area contributed by atoms with Gasteiger partial charge in [0.25, 0.3) is 0 Å². The minimum Gasteiger partial charge on any atom is -0.356 e. The van der Waals surface area contributed by atoms with Crippen LogP contribution in [0, 0.1) is 12.8 Å². The fourth-order valence-electron chi connectivity index (χ4n) is 4.41. The number of carbonyl (C=O) groups is 1. The second-order valence-electron chi connectivity index (χ2n) is 8.37. The van der Waals surface area contributed by atoms with Crippen molar-refractivity contribution in [3.63, 3.8) is 0 Å². The molecule has 2 saturated heterocycles. The van der Waals surface area contributed by atoms with Crippen molar-refractivity contribution in [2.24, 2.45) is 5.92 Å². The Labute approximate surface area is 165 Å². The fraction of sp³-hybridized carbons (Fsp3) is 0.619. The van der Waals surface area contributed by atoms with E-state index in [-0.39, 0.29) is 0 Å². The fourth-order valence-corrected chi connectivity index (χ4v) is 4.41. The highest BCUT2D eigenvalue weighted by Gasteiger charge is 2.36. The largest absolute Gasteiger partial charge is 0.356 e. The van der Waals surface area contributed by atoms with Crippen molar-refractivity contribution in [3.8, 4) is 11.3 Å². The van der Waals surface area contributed by atoms with Gasteiger partial charge in [-0.2, -0.15) is 0 Å². The minimum absolute atomic E-state index is 0.296. The molecule has 28 heavy (non-hydrogen) atoms. The number of aromatic nitrogens is 3. The molecule has 0 unspecified atom stereocenters. The predicted molar refractivity (Wildman–Crippen MR) is 105 cm³/mol. The summed E-state index contributed by atoms with van der Waals surface area (Å²) in [6, 6.07) is 1.95. The molecule has 1 saturated carbocycles. The quantitative estimate of drug-likeness (QED) is 0.810. The lowest BCUT2D eigenvalue weighted by molar-refractivity contribution is -0.133. The van der Waals surface area contributed by atoms with Crippen molar-refractivity contribution in [1.29, 1.82) is 0 Å². The molecule has 0 N–H and O–H groups in total. The van der Waals surface area contributed by atoms with Gasteiger partial charge in [0.15, 0.2) is 5.76 Å². The summed E-state index contributed by atoms with van der Waals surface area (Å²) in [5.41, 5.74) is 2.84. The van der Waals surface area contributed by atoms with Gasteiger partial charge in [-0.3, -0.25) is 4.79 Å². The highest BCUT2D eigenvalue weighted by atomic mass is 16.5. The SMILES string of the molecule is Cc1cc(-c2cnc(N3CCCC3)nc2C2CCN(C(=O)C3CC3)CC2)on1. The number of anilines is 1. The van der Waals surface area contributed by atoms with Crippen LogP contribution >= 0.6 is 0 Å². The van der Waals surface area contributed by atoms with Gasteiger partial charge in [0, 0.05) is 50.3 Å². The van der Waals surface area contributed by atoms with Crippen LogP contribution in [-0.4, -0.2) is 52.1 Å². The first-order valence-electron chi connectivity index (χ1n) is 10.5. The van der Waals surface area contributed by atoms with E-state index in [1.165, 1.54) is 12.8 Å². The molecule has 0 aromatic carbocycles. The maximum atomic E-state index is 12.4. The van der Waals surface area contributed by atoms with Crippen molar-refractivity contribution < 1.29 is 9.32 Å². The first kappa shape index (κ1) is 17.6. The van der Waals surface area contributed by atoms with Crippen LogP contribution in [-0.2, 0) is 4.79 Å². The molecule has 148 valence electrons. The molecule has 4 heterocycles. The number of amides is 1. The molecule has 1 amide bonds. The van der Waals surface area contributed by atoms with Crippen LogP contribution in [0.1, 0.15) is 55.8 Å². The van der Waals surface area contributed by atoms with Crippen molar-refractivity contribution in [2.45, 2.75) is 51.4 Å². The molecular weight excluding hydrogens is 354 g/mol. The Balaban J connectivity index is 1.42. The predicted octanol–water partition coefficient (Wildman–Crippen LogP) is 3.16.